The van der Waals surface area contributed by atoms with Crippen LogP contribution in [-0.4, -0.2) is 57.6 Å². The number of amides is 1. The molecule has 0 fully saturated rings. The zero-order valence-electron chi connectivity index (χ0n) is 18.2. The second kappa shape index (κ2) is 11.3. The Balaban J connectivity index is 1.94. The molecule has 0 bridgehead atoms. The number of furan rings is 1. The number of aliphatic hydroxyl groups excluding tert-OH is 1. The summed E-state index contributed by atoms with van der Waals surface area (Å²) in [5.74, 6) is -0.459. The van der Waals surface area contributed by atoms with E-state index in [1.807, 2.05) is 37.3 Å². The first-order valence-electron chi connectivity index (χ1n) is 10.5. The van der Waals surface area contributed by atoms with E-state index in [1.165, 1.54) is 14.2 Å². The summed E-state index contributed by atoms with van der Waals surface area (Å²) < 4.78 is 27.9. The number of methoxy groups -OCH3 is 2. The first kappa shape index (κ1) is 23.3. The second-order valence-electron chi connectivity index (χ2n) is 7.33. The number of nitrogens with one attached hydrogen (secondary N) is 1. The molecule has 1 aromatic carbocycles. The van der Waals surface area contributed by atoms with Gasteiger partial charge in [0.25, 0.3) is 5.91 Å². The number of para-hydroxylation sites is 1. The fourth-order valence-corrected chi connectivity index (χ4v) is 3.90. The standard InChI is InChI=1S/C23H31NO7/c1-4-29-23-16(9-7-11-25)17(18-14-30-19-10-6-5-8-15(18)19)12-20(31-23)22(26)24-13-21(27-2)28-3/h5-6,8,10,12,14,16-17,21,23,25H,4,7,9,11,13H2,1-3H3,(H,24,26). The lowest BCUT2D eigenvalue weighted by molar-refractivity contribution is -0.167. The lowest BCUT2D eigenvalue weighted by Crippen LogP contribution is -2.41. The van der Waals surface area contributed by atoms with Gasteiger partial charge in [-0.15, -0.1) is 0 Å². The van der Waals surface area contributed by atoms with E-state index < -0.39 is 12.6 Å². The molecule has 170 valence electrons. The Kier molecular flexibility index (Phi) is 8.48. The summed E-state index contributed by atoms with van der Waals surface area (Å²) in [6.45, 7) is 2.57. The van der Waals surface area contributed by atoms with Crippen LogP contribution in [0.15, 0.2) is 46.8 Å². The number of carbonyl (C=O) groups is 1. The van der Waals surface area contributed by atoms with Crippen LogP contribution in [0.2, 0.25) is 0 Å². The SMILES string of the molecule is CCOC1OC(C(=O)NCC(OC)OC)=CC(c2coc3ccccc23)C1CCCO. The predicted octanol–water partition coefficient (Wildman–Crippen LogP) is 2.92. The van der Waals surface area contributed by atoms with Gasteiger partial charge in [0.2, 0.25) is 6.29 Å². The van der Waals surface area contributed by atoms with Gasteiger partial charge in [-0.1, -0.05) is 18.2 Å². The van der Waals surface area contributed by atoms with E-state index in [0.717, 1.165) is 16.5 Å². The molecular formula is C23H31NO7. The topological polar surface area (TPSA) is 99.4 Å². The highest BCUT2D eigenvalue weighted by molar-refractivity contribution is 5.92. The van der Waals surface area contributed by atoms with Gasteiger partial charge in [0.15, 0.2) is 12.0 Å². The van der Waals surface area contributed by atoms with Crippen LogP contribution in [0.4, 0.5) is 0 Å². The minimum absolute atomic E-state index is 0.0701. The number of fused-ring (bicyclic) bond motifs is 1. The number of allylic oxidation sites excluding steroid dienone is 1. The highest BCUT2D eigenvalue weighted by Gasteiger charge is 2.39. The van der Waals surface area contributed by atoms with Crippen molar-refractivity contribution in [2.75, 3.05) is 34.0 Å². The van der Waals surface area contributed by atoms with Crippen molar-refractivity contribution in [3.8, 4) is 0 Å². The van der Waals surface area contributed by atoms with Crippen molar-refractivity contribution in [1.29, 1.82) is 0 Å². The lowest BCUT2D eigenvalue weighted by Gasteiger charge is -2.36. The number of aliphatic hydroxyl groups is 1. The van der Waals surface area contributed by atoms with Crippen molar-refractivity contribution in [2.45, 2.75) is 38.3 Å². The molecule has 1 aromatic heterocycles. The van der Waals surface area contributed by atoms with Crippen LogP contribution >= 0.6 is 0 Å². The van der Waals surface area contributed by atoms with Crippen molar-refractivity contribution in [2.24, 2.45) is 5.92 Å². The third kappa shape index (κ3) is 5.46. The van der Waals surface area contributed by atoms with E-state index in [-0.39, 0.29) is 36.7 Å². The van der Waals surface area contributed by atoms with Gasteiger partial charge in [-0.25, -0.2) is 0 Å². The molecule has 31 heavy (non-hydrogen) atoms. The molecule has 2 N–H and O–H groups in total. The third-order valence-corrected chi connectivity index (χ3v) is 5.46. The van der Waals surface area contributed by atoms with Crippen LogP contribution in [0.5, 0.6) is 0 Å². The molecule has 0 spiro atoms. The number of rotatable bonds is 11. The molecule has 0 saturated heterocycles. The molecule has 8 heteroatoms. The van der Waals surface area contributed by atoms with E-state index in [4.69, 9.17) is 23.4 Å². The molecule has 3 rings (SSSR count). The van der Waals surface area contributed by atoms with Crippen molar-refractivity contribution in [3.63, 3.8) is 0 Å². The first-order chi connectivity index (χ1) is 15.1. The number of hydrogen-bond donors (Lipinski definition) is 2. The van der Waals surface area contributed by atoms with Crippen LogP contribution in [0.25, 0.3) is 11.0 Å². The summed E-state index contributed by atoms with van der Waals surface area (Å²) in [5, 5.41) is 13.2. The fraction of sp³-hybridized carbons (Fsp3) is 0.522. The Bertz CT molecular complexity index is 874. The number of benzene rings is 1. The number of hydrogen-bond acceptors (Lipinski definition) is 7. The van der Waals surface area contributed by atoms with Gasteiger partial charge in [0.05, 0.1) is 12.8 Å². The smallest absolute Gasteiger partial charge is 0.286 e. The minimum atomic E-state index is -0.624. The first-order valence-corrected chi connectivity index (χ1v) is 10.5. The molecule has 1 amide bonds. The Morgan fingerprint density at radius 3 is 2.74 bits per heavy atom. The molecular weight excluding hydrogens is 402 g/mol. The maximum atomic E-state index is 12.8. The summed E-state index contributed by atoms with van der Waals surface area (Å²) in [6, 6.07) is 7.78. The van der Waals surface area contributed by atoms with Crippen molar-refractivity contribution >= 4 is 16.9 Å². The average Bonchev–Trinajstić information content (AvgIpc) is 3.22. The third-order valence-electron chi connectivity index (χ3n) is 5.46. The van der Waals surface area contributed by atoms with Gasteiger partial charge in [-0.05, 0) is 31.9 Å². The average molecular weight is 434 g/mol. The zero-order chi connectivity index (χ0) is 22.2. The summed E-state index contributed by atoms with van der Waals surface area (Å²) >= 11 is 0. The Morgan fingerprint density at radius 2 is 2.03 bits per heavy atom. The van der Waals surface area contributed by atoms with Crippen molar-refractivity contribution in [3.05, 3.63) is 47.9 Å². The molecule has 3 unspecified atom stereocenters. The quantitative estimate of drug-likeness (QED) is 0.526. The van der Waals surface area contributed by atoms with Gasteiger partial charge in [0.1, 0.15) is 5.58 Å². The van der Waals surface area contributed by atoms with Gasteiger partial charge in [-0.3, -0.25) is 4.79 Å². The monoisotopic (exact) mass is 433 g/mol. The molecule has 3 atom stereocenters. The summed E-state index contributed by atoms with van der Waals surface area (Å²) in [7, 11) is 3.02. The van der Waals surface area contributed by atoms with Gasteiger partial charge < -0.3 is 33.8 Å². The maximum Gasteiger partial charge on any atom is 0.286 e. The van der Waals surface area contributed by atoms with Crippen LogP contribution in [0, 0.1) is 5.92 Å². The van der Waals surface area contributed by atoms with Crippen LogP contribution in [-0.2, 0) is 23.7 Å². The molecule has 8 nitrogen and oxygen atoms in total. The fourth-order valence-electron chi connectivity index (χ4n) is 3.90. The van der Waals surface area contributed by atoms with Gasteiger partial charge >= 0.3 is 0 Å². The van der Waals surface area contributed by atoms with Crippen molar-refractivity contribution < 1.29 is 33.3 Å². The molecule has 1 aliphatic rings. The van der Waals surface area contributed by atoms with E-state index in [0.29, 0.717) is 19.4 Å². The Hall–Kier alpha value is -2.39. The Labute approximate surface area is 182 Å². The second-order valence-corrected chi connectivity index (χ2v) is 7.33. The maximum absolute atomic E-state index is 12.8. The summed E-state index contributed by atoms with van der Waals surface area (Å²) in [4.78, 5) is 12.8. The van der Waals surface area contributed by atoms with E-state index in [9.17, 15) is 9.90 Å². The minimum Gasteiger partial charge on any atom is -0.464 e. The van der Waals surface area contributed by atoms with Crippen LogP contribution in [0.1, 0.15) is 31.2 Å². The summed E-state index contributed by atoms with van der Waals surface area (Å²) in [5.41, 5.74) is 1.74. The highest BCUT2D eigenvalue weighted by Crippen LogP contribution is 2.42. The van der Waals surface area contributed by atoms with Gasteiger partial charge in [-0.2, -0.15) is 0 Å². The molecule has 2 aromatic rings. The highest BCUT2D eigenvalue weighted by atomic mass is 16.7. The molecule has 0 aliphatic carbocycles. The number of carbonyl (C=O) groups excluding carboxylic acids is 1. The zero-order valence-corrected chi connectivity index (χ0v) is 18.2. The lowest BCUT2D eigenvalue weighted by atomic mass is 9.80. The molecule has 0 radical (unpaired) electrons. The van der Waals surface area contributed by atoms with Gasteiger partial charge in [0, 0.05) is 50.2 Å². The molecule has 2 heterocycles. The van der Waals surface area contributed by atoms with E-state index in [2.05, 4.69) is 5.32 Å². The normalized spacial score (nSPS) is 21.2. The molecule has 1 aliphatic heterocycles. The number of ether oxygens (including phenoxy) is 4. The Morgan fingerprint density at radius 1 is 1.26 bits per heavy atom. The van der Waals surface area contributed by atoms with E-state index in [1.54, 1.807) is 6.26 Å². The largest absolute Gasteiger partial charge is 0.464 e. The predicted molar refractivity (Wildman–Crippen MR) is 114 cm³/mol. The van der Waals surface area contributed by atoms with Crippen LogP contribution in [0.3, 0.4) is 0 Å². The van der Waals surface area contributed by atoms with Crippen LogP contribution < -0.4 is 5.32 Å². The van der Waals surface area contributed by atoms with Crippen molar-refractivity contribution in [1.82, 2.24) is 5.32 Å². The summed E-state index contributed by atoms with van der Waals surface area (Å²) in [6.07, 6.45) is 3.64. The van der Waals surface area contributed by atoms with E-state index >= 15 is 0 Å². The molecule has 0 saturated carbocycles.